The van der Waals surface area contributed by atoms with Gasteiger partial charge in [-0.2, -0.15) is 19.7 Å². The van der Waals surface area contributed by atoms with E-state index < -0.39 is 0 Å². The third kappa shape index (κ3) is 2.58. The minimum atomic E-state index is 0.284. The van der Waals surface area contributed by atoms with Crippen molar-refractivity contribution in [1.29, 1.82) is 0 Å². The molecule has 1 unspecified atom stereocenters. The maximum Gasteiger partial charge on any atom is 0.254 e. The van der Waals surface area contributed by atoms with Crippen LogP contribution in [0.25, 0.3) is 17.0 Å². The van der Waals surface area contributed by atoms with Crippen molar-refractivity contribution in [2.24, 2.45) is 7.05 Å². The van der Waals surface area contributed by atoms with Crippen LogP contribution in [0.4, 0.5) is 5.82 Å². The summed E-state index contributed by atoms with van der Waals surface area (Å²) in [6, 6.07) is 12.7. The highest BCUT2D eigenvalue weighted by molar-refractivity contribution is 5.66. The van der Waals surface area contributed by atoms with E-state index in [0.717, 1.165) is 42.2 Å². The standard InChI is InChI=1S/C21H23N7/c1-14-20(15(2)26(3)25-14)18-10-7-11-27(18)19-12-17(16-8-5-4-6-9-16)24-21-22-13-23-28(19)21/h4-6,8-9,12-13,18H,7,10-11H2,1-3H3. The summed E-state index contributed by atoms with van der Waals surface area (Å²) in [5, 5.41) is 9.10. The molecule has 1 aromatic carbocycles. The van der Waals surface area contributed by atoms with Crippen LogP contribution in [0.15, 0.2) is 42.7 Å². The minimum absolute atomic E-state index is 0.284. The van der Waals surface area contributed by atoms with Crippen molar-refractivity contribution >= 4 is 11.6 Å². The summed E-state index contributed by atoms with van der Waals surface area (Å²) in [6.45, 7) is 5.23. The molecule has 3 aromatic heterocycles. The van der Waals surface area contributed by atoms with Crippen molar-refractivity contribution in [2.75, 3.05) is 11.4 Å². The number of anilines is 1. The summed E-state index contributed by atoms with van der Waals surface area (Å²) < 4.78 is 3.83. The van der Waals surface area contributed by atoms with E-state index in [4.69, 9.17) is 4.98 Å². The molecule has 0 aliphatic carbocycles. The smallest absolute Gasteiger partial charge is 0.254 e. The van der Waals surface area contributed by atoms with Crippen LogP contribution in [0.1, 0.15) is 35.8 Å². The molecule has 142 valence electrons. The Kier molecular flexibility index (Phi) is 3.89. The first-order valence-corrected chi connectivity index (χ1v) is 9.66. The van der Waals surface area contributed by atoms with Crippen LogP contribution in [0.5, 0.6) is 0 Å². The summed E-state index contributed by atoms with van der Waals surface area (Å²) in [5.74, 6) is 1.66. The molecule has 0 radical (unpaired) electrons. The molecule has 4 aromatic rings. The van der Waals surface area contributed by atoms with Crippen molar-refractivity contribution < 1.29 is 0 Å². The number of hydrogen-bond acceptors (Lipinski definition) is 5. The summed E-state index contributed by atoms with van der Waals surface area (Å²) in [7, 11) is 2.01. The molecular formula is C21H23N7. The lowest BCUT2D eigenvalue weighted by Gasteiger charge is -2.27. The molecule has 1 fully saturated rings. The van der Waals surface area contributed by atoms with Crippen LogP contribution >= 0.6 is 0 Å². The number of aromatic nitrogens is 6. The first-order chi connectivity index (χ1) is 13.6. The quantitative estimate of drug-likeness (QED) is 0.550. The summed E-state index contributed by atoms with van der Waals surface area (Å²) in [4.78, 5) is 11.5. The topological polar surface area (TPSA) is 64.1 Å². The molecule has 1 saturated heterocycles. The Morgan fingerprint density at radius 1 is 1.11 bits per heavy atom. The van der Waals surface area contributed by atoms with Gasteiger partial charge in [-0.25, -0.2) is 4.98 Å². The molecule has 7 heteroatoms. The molecule has 0 spiro atoms. The number of benzene rings is 1. The van der Waals surface area contributed by atoms with E-state index in [9.17, 15) is 0 Å². The second-order valence-corrected chi connectivity index (χ2v) is 7.40. The Bertz CT molecular complexity index is 1140. The van der Waals surface area contributed by atoms with Crippen molar-refractivity contribution in [3.63, 3.8) is 0 Å². The van der Waals surface area contributed by atoms with Crippen LogP contribution in [0, 0.1) is 13.8 Å². The summed E-state index contributed by atoms with van der Waals surface area (Å²) >= 11 is 0. The highest BCUT2D eigenvalue weighted by atomic mass is 15.4. The molecule has 0 N–H and O–H groups in total. The molecular weight excluding hydrogens is 350 g/mol. The zero-order valence-electron chi connectivity index (χ0n) is 16.4. The molecule has 1 aliphatic rings. The average Bonchev–Trinajstić information content (AvgIpc) is 3.42. The van der Waals surface area contributed by atoms with E-state index in [2.05, 4.69) is 52.1 Å². The van der Waals surface area contributed by atoms with E-state index in [1.165, 1.54) is 11.3 Å². The second kappa shape index (κ2) is 6.44. The molecule has 28 heavy (non-hydrogen) atoms. The van der Waals surface area contributed by atoms with Gasteiger partial charge in [-0.15, -0.1) is 0 Å². The SMILES string of the molecule is Cc1nn(C)c(C)c1C1CCCN1c1cc(-c2ccccc2)nc2ncnn12. The molecule has 0 bridgehead atoms. The Morgan fingerprint density at radius 3 is 2.68 bits per heavy atom. The molecule has 0 amide bonds. The minimum Gasteiger partial charge on any atom is -0.349 e. The van der Waals surface area contributed by atoms with E-state index in [1.54, 1.807) is 6.33 Å². The Hall–Kier alpha value is -3.22. The molecule has 1 atom stereocenters. The summed E-state index contributed by atoms with van der Waals surface area (Å²) in [5.41, 5.74) is 5.65. The third-order valence-electron chi connectivity index (χ3n) is 5.75. The van der Waals surface area contributed by atoms with Gasteiger partial charge in [-0.3, -0.25) is 4.68 Å². The predicted molar refractivity (Wildman–Crippen MR) is 108 cm³/mol. The van der Waals surface area contributed by atoms with Crippen LogP contribution in [0.2, 0.25) is 0 Å². The Balaban J connectivity index is 1.66. The van der Waals surface area contributed by atoms with Crippen LogP contribution < -0.4 is 4.90 Å². The first-order valence-electron chi connectivity index (χ1n) is 9.66. The van der Waals surface area contributed by atoms with Gasteiger partial charge in [0.1, 0.15) is 12.1 Å². The predicted octanol–water partition coefficient (Wildman–Crippen LogP) is 3.48. The van der Waals surface area contributed by atoms with Gasteiger partial charge in [0.05, 0.1) is 17.4 Å². The Morgan fingerprint density at radius 2 is 1.93 bits per heavy atom. The average molecular weight is 373 g/mol. The highest BCUT2D eigenvalue weighted by Crippen LogP contribution is 2.39. The van der Waals surface area contributed by atoms with E-state index >= 15 is 0 Å². The van der Waals surface area contributed by atoms with Crippen molar-refractivity contribution in [3.05, 3.63) is 59.7 Å². The summed E-state index contributed by atoms with van der Waals surface area (Å²) in [6.07, 6.45) is 3.82. The van der Waals surface area contributed by atoms with E-state index in [1.807, 2.05) is 34.4 Å². The van der Waals surface area contributed by atoms with Gasteiger partial charge in [-0.05, 0) is 26.7 Å². The molecule has 0 saturated carbocycles. The van der Waals surface area contributed by atoms with Gasteiger partial charge in [-0.1, -0.05) is 30.3 Å². The first kappa shape index (κ1) is 16.9. The van der Waals surface area contributed by atoms with Gasteiger partial charge in [0.25, 0.3) is 5.78 Å². The zero-order chi connectivity index (χ0) is 19.3. The number of aryl methyl sites for hydroxylation is 2. The number of hydrogen-bond donors (Lipinski definition) is 0. The fourth-order valence-electron chi connectivity index (χ4n) is 4.37. The van der Waals surface area contributed by atoms with E-state index in [0.29, 0.717) is 5.78 Å². The van der Waals surface area contributed by atoms with Gasteiger partial charge >= 0.3 is 0 Å². The normalized spacial score (nSPS) is 17.0. The maximum absolute atomic E-state index is 4.72. The second-order valence-electron chi connectivity index (χ2n) is 7.40. The highest BCUT2D eigenvalue weighted by Gasteiger charge is 2.32. The largest absolute Gasteiger partial charge is 0.349 e. The lowest BCUT2D eigenvalue weighted by Crippen LogP contribution is -2.26. The molecule has 4 heterocycles. The zero-order valence-corrected chi connectivity index (χ0v) is 16.4. The lowest BCUT2D eigenvalue weighted by molar-refractivity contribution is 0.684. The maximum atomic E-state index is 4.72. The fourth-order valence-corrected chi connectivity index (χ4v) is 4.37. The number of nitrogens with zero attached hydrogens (tertiary/aromatic N) is 7. The van der Waals surface area contributed by atoms with Crippen LogP contribution in [-0.4, -0.2) is 35.9 Å². The lowest BCUT2D eigenvalue weighted by atomic mass is 10.0. The van der Waals surface area contributed by atoms with Gasteiger partial charge in [0.15, 0.2) is 0 Å². The number of rotatable bonds is 3. The van der Waals surface area contributed by atoms with Gasteiger partial charge in [0.2, 0.25) is 0 Å². The van der Waals surface area contributed by atoms with Gasteiger partial charge in [0, 0.05) is 36.5 Å². The third-order valence-corrected chi connectivity index (χ3v) is 5.75. The van der Waals surface area contributed by atoms with Crippen LogP contribution in [-0.2, 0) is 7.05 Å². The molecule has 1 aliphatic heterocycles. The molecule has 5 rings (SSSR count). The monoisotopic (exact) mass is 373 g/mol. The van der Waals surface area contributed by atoms with Crippen LogP contribution in [0.3, 0.4) is 0 Å². The van der Waals surface area contributed by atoms with Crippen molar-refractivity contribution in [3.8, 4) is 11.3 Å². The van der Waals surface area contributed by atoms with E-state index in [-0.39, 0.29) is 6.04 Å². The van der Waals surface area contributed by atoms with Gasteiger partial charge < -0.3 is 4.90 Å². The van der Waals surface area contributed by atoms with Crippen molar-refractivity contribution in [1.82, 2.24) is 29.4 Å². The fraction of sp³-hybridized carbons (Fsp3) is 0.333. The Labute approximate surface area is 163 Å². The molecule has 7 nitrogen and oxygen atoms in total. The number of fused-ring (bicyclic) bond motifs is 1. The van der Waals surface area contributed by atoms with Crippen molar-refractivity contribution in [2.45, 2.75) is 32.7 Å².